The van der Waals surface area contributed by atoms with E-state index in [0.29, 0.717) is 38.8 Å². The fraction of sp³-hybridized carbons (Fsp3) is 0.657. The normalized spacial score (nSPS) is 26.8. The number of alkyl carbamates (subject to hydrolysis) is 1. The maximum Gasteiger partial charge on any atom is 0.410 e. The molecule has 0 aromatic carbocycles. The van der Waals surface area contributed by atoms with Crippen molar-refractivity contribution >= 4 is 39.9 Å². The second-order valence-electron chi connectivity index (χ2n) is 15.5. The van der Waals surface area contributed by atoms with Gasteiger partial charge in [-0.1, -0.05) is 25.3 Å². The van der Waals surface area contributed by atoms with Crippen molar-refractivity contribution in [2.45, 2.75) is 126 Å². The number of nitrogens with zero attached hydrogens (tertiary/aromatic N) is 3. The first kappa shape index (κ1) is 36.6. The Labute approximate surface area is 298 Å². The average molecular weight is 729 g/mol. The van der Waals surface area contributed by atoms with Crippen LogP contribution in [0.5, 0.6) is 0 Å². The standard InChI is InChI=1S/C35H48N6O9S/c1-5-24-16-35(24,31(44)39-51(47,48)26-11-12-26)38-29(42)27-15-25(49-33(46)40-18-22-13-14-36-17-23(22)19-40)20-41(27)30(43)28(21-9-7-6-8-10-21)37-32(45)50-34(2,3)4/h5,13-14,17,21,24-28H,1,6-12,15-16,18-20H2,2-4H3,(H,37,45)(H,38,42)(H,39,44)/t24?,25-,27+,28+,35-/m1/s1. The molecule has 0 bridgehead atoms. The fourth-order valence-electron chi connectivity index (χ4n) is 7.42. The molecule has 16 heteroatoms. The van der Waals surface area contributed by atoms with Crippen molar-refractivity contribution in [3.63, 3.8) is 0 Å². The summed E-state index contributed by atoms with van der Waals surface area (Å²) in [5.74, 6) is -2.85. The van der Waals surface area contributed by atoms with Crippen LogP contribution in [-0.4, -0.2) is 94.2 Å². The van der Waals surface area contributed by atoms with Gasteiger partial charge in [-0.05, 0) is 76.0 Å². The lowest BCUT2D eigenvalue weighted by Gasteiger charge is -2.35. The van der Waals surface area contributed by atoms with Gasteiger partial charge in [-0.3, -0.25) is 29.0 Å². The molecule has 3 N–H and O–H groups in total. The molecule has 6 rings (SSSR count). The van der Waals surface area contributed by atoms with Crippen LogP contribution >= 0.6 is 0 Å². The van der Waals surface area contributed by atoms with Crippen LogP contribution in [0.15, 0.2) is 31.1 Å². The number of rotatable bonds is 10. The minimum Gasteiger partial charge on any atom is -0.444 e. The van der Waals surface area contributed by atoms with Crippen molar-refractivity contribution in [3.05, 3.63) is 42.2 Å². The number of carbonyl (C=O) groups excluding carboxylic acids is 5. The Morgan fingerprint density at radius 3 is 2.39 bits per heavy atom. The molecule has 278 valence electrons. The van der Waals surface area contributed by atoms with Crippen LogP contribution in [0.1, 0.15) is 89.7 Å². The number of amides is 5. The van der Waals surface area contributed by atoms with Gasteiger partial charge in [0.05, 0.1) is 18.3 Å². The maximum absolute atomic E-state index is 14.5. The number of sulfonamides is 1. The molecule has 15 nitrogen and oxygen atoms in total. The third-order valence-electron chi connectivity index (χ3n) is 10.4. The Morgan fingerprint density at radius 2 is 1.76 bits per heavy atom. The number of pyridine rings is 1. The average Bonchev–Trinajstić information content (AvgIpc) is 3.97. The molecule has 1 unspecified atom stereocenters. The Hall–Kier alpha value is -4.21. The van der Waals surface area contributed by atoms with Crippen LogP contribution in [0.4, 0.5) is 9.59 Å². The molecule has 1 aromatic rings. The SMILES string of the molecule is C=CC1C[C@]1(NC(=O)[C@@H]1C[C@@H](OC(=O)N2Cc3ccncc3C2)CN1C(=O)[C@@H](NC(=O)OC(C)(C)C)C1CCCCC1)C(=O)NS(=O)(=O)C1CC1. The molecular weight excluding hydrogens is 680 g/mol. The van der Waals surface area contributed by atoms with E-state index in [1.165, 1.54) is 15.9 Å². The third kappa shape index (κ3) is 8.15. The van der Waals surface area contributed by atoms with E-state index in [0.717, 1.165) is 30.4 Å². The molecule has 1 saturated heterocycles. The van der Waals surface area contributed by atoms with E-state index in [4.69, 9.17) is 9.47 Å². The molecule has 1 aromatic heterocycles. The molecule has 5 atom stereocenters. The number of fused-ring (bicyclic) bond motifs is 1. The molecule has 0 spiro atoms. The summed E-state index contributed by atoms with van der Waals surface area (Å²) in [6.07, 6.45) is 7.60. The zero-order chi connectivity index (χ0) is 36.7. The number of carbonyl (C=O) groups is 5. The predicted molar refractivity (Wildman–Crippen MR) is 183 cm³/mol. The van der Waals surface area contributed by atoms with Crippen molar-refractivity contribution in [1.82, 2.24) is 30.1 Å². The first-order valence-corrected chi connectivity index (χ1v) is 19.3. The fourth-order valence-corrected chi connectivity index (χ4v) is 8.79. The van der Waals surface area contributed by atoms with E-state index in [9.17, 15) is 32.4 Å². The van der Waals surface area contributed by atoms with Crippen LogP contribution in [0.3, 0.4) is 0 Å². The summed E-state index contributed by atoms with van der Waals surface area (Å²) in [7, 11) is -3.91. The molecular formula is C35H48N6O9S. The van der Waals surface area contributed by atoms with Gasteiger partial charge in [0.15, 0.2) is 0 Å². The molecule has 3 saturated carbocycles. The largest absolute Gasteiger partial charge is 0.444 e. The number of hydrogen-bond donors (Lipinski definition) is 3. The third-order valence-corrected chi connectivity index (χ3v) is 12.2. The zero-order valence-electron chi connectivity index (χ0n) is 29.4. The maximum atomic E-state index is 14.5. The second kappa shape index (κ2) is 14.1. The Bertz CT molecular complexity index is 1660. The van der Waals surface area contributed by atoms with Gasteiger partial charge in [-0.25, -0.2) is 18.0 Å². The predicted octanol–water partition coefficient (Wildman–Crippen LogP) is 2.65. The second-order valence-corrected chi connectivity index (χ2v) is 17.4. The van der Waals surface area contributed by atoms with Crippen molar-refractivity contribution in [2.75, 3.05) is 6.54 Å². The molecule has 5 amide bonds. The molecule has 3 heterocycles. The van der Waals surface area contributed by atoms with E-state index in [1.54, 1.807) is 33.2 Å². The topological polar surface area (TPSA) is 193 Å². The number of hydrogen-bond acceptors (Lipinski definition) is 10. The highest BCUT2D eigenvalue weighted by atomic mass is 32.2. The van der Waals surface area contributed by atoms with E-state index >= 15 is 0 Å². The van der Waals surface area contributed by atoms with Gasteiger partial charge in [-0.15, -0.1) is 6.58 Å². The molecule has 51 heavy (non-hydrogen) atoms. The summed E-state index contributed by atoms with van der Waals surface area (Å²) in [5.41, 5.74) is -0.554. The lowest BCUT2D eigenvalue weighted by Crippen LogP contribution is -2.59. The molecule has 0 radical (unpaired) electrons. The highest BCUT2D eigenvalue weighted by molar-refractivity contribution is 7.91. The number of nitrogens with one attached hydrogen (secondary N) is 3. The summed E-state index contributed by atoms with van der Waals surface area (Å²) in [5, 5.41) is 4.88. The summed E-state index contributed by atoms with van der Waals surface area (Å²) in [6.45, 7) is 9.40. The van der Waals surface area contributed by atoms with Crippen LogP contribution < -0.4 is 15.4 Å². The first-order chi connectivity index (χ1) is 24.1. The number of aromatic nitrogens is 1. The molecule has 2 aliphatic heterocycles. The first-order valence-electron chi connectivity index (χ1n) is 17.8. The van der Waals surface area contributed by atoms with Crippen molar-refractivity contribution in [3.8, 4) is 0 Å². The van der Waals surface area contributed by atoms with Crippen molar-refractivity contribution in [2.24, 2.45) is 11.8 Å². The lowest BCUT2D eigenvalue weighted by atomic mass is 9.83. The molecule has 3 aliphatic carbocycles. The number of ether oxygens (including phenoxy) is 2. The van der Waals surface area contributed by atoms with Crippen LogP contribution in [0.2, 0.25) is 0 Å². The van der Waals surface area contributed by atoms with E-state index in [1.807, 2.05) is 6.07 Å². The minimum absolute atomic E-state index is 0.0771. The van der Waals surface area contributed by atoms with Gasteiger partial charge >= 0.3 is 12.2 Å². The van der Waals surface area contributed by atoms with E-state index in [-0.39, 0.29) is 25.3 Å². The van der Waals surface area contributed by atoms with Crippen LogP contribution in [0.25, 0.3) is 0 Å². The summed E-state index contributed by atoms with van der Waals surface area (Å²) in [4.78, 5) is 75.5. The monoisotopic (exact) mass is 728 g/mol. The smallest absolute Gasteiger partial charge is 0.410 e. The Morgan fingerprint density at radius 1 is 1.06 bits per heavy atom. The van der Waals surface area contributed by atoms with Gasteiger partial charge in [0.2, 0.25) is 21.8 Å². The summed E-state index contributed by atoms with van der Waals surface area (Å²) < 4.78 is 38.9. The van der Waals surface area contributed by atoms with Gasteiger partial charge in [-0.2, -0.15) is 0 Å². The quantitative estimate of drug-likeness (QED) is 0.302. The van der Waals surface area contributed by atoms with Crippen molar-refractivity contribution in [1.29, 1.82) is 0 Å². The Balaban J connectivity index is 1.24. The van der Waals surface area contributed by atoms with Gasteiger partial charge in [0, 0.05) is 31.3 Å². The molecule has 4 fully saturated rings. The minimum atomic E-state index is -3.91. The van der Waals surface area contributed by atoms with E-state index < -0.39 is 80.4 Å². The van der Waals surface area contributed by atoms with Crippen molar-refractivity contribution < 1.29 is 41.9 Å². The number of likely N-dealkylation sites (tertiary alicyclic amines) is 1. The zero-order valence-corrected chi connectivity index (χ0v) is 30.2. The summed E-state index contributed by atoms with van der Waals surface area (Å²) >= 11 is 0. The van der Waals surface area contributed by atoms with Crippen LogP contribution in [-0.2, 0) is 47.0 Å². The van der Waals surface area contributed by atoms with Gasteiger partial charge in [0.25, 0.3) is 5.91 Å². The highest BCUT2D eigenvalue weighted by Crippen LogP contribution is 2.45. The van der Waals surface area contributed by atoms with Gasteiger partial charge < -0.3 is 25.0 Å². The summed E-state index contributed by atoms with van der Waals surface area (Å²) in [6, 6.07) is -0.385. The van der Waals surface area contributed by atoms with E-state index in [2.05, 4.69) is 26.9 Å². The lowest BCUT2D eigenvalue weighted by molar-refractivity contribution is -0.142. The Kier molecular flexibility index (Phi) is 10.1. The highest BCUT2D eigenvalue weighted by Gasteiger charge is 2.62. The van der Waals surface area contributed by atoms with Gasteiger partial charge in [0.1, 0.15) is 29.3 Å². The molecule has 5 aliphatic rings. The van der Waals surface area contributed by atoms with Crippen LogP contribution in [0, 0.1) is 11.8 Å².